The second-order valence-corrected chi connectivity index (χ2v) is 4.09. The fourth-order valence-corrected chi connectivity index (χ4v) is 1.63. The molecule has 0 fully saturated rings. The van der Waals surface area contributed by atoms with Gasteiger partial charge in [-0.2, -0.15) is 0 Å². The molecule has 98 valence electrons. The molecule has 3 nitrogen and oxygen atoms in total. The number of hydrogen-bond acceptors (Lipinski definition) is 2. The van der Waals surface area contributed by atoms with Gasteiger partial charge in [-0.25, -0.2) is 4.39 Å². The Bertz CT molecular complexity index is 418. The van der Waals surface area contributed by atoms with Crippen LogP contribution in [-0.2, 0) is 11.2 Å². The molecule has 0 bridgehead atoms. The van der Waals surface area contributed by atoms with Gasteiger partial charge in [-0.1, -0.05) is 12.1 Å². The molecule has 1 aromatic carbocycles. The summed E-state index contributed by atoms with van der Waals surface area (Å²) in [5, 5.41) is 5.73. The topological polar surface area (TPSA) is 41.1 Å². The van der Waals surface area contributed by atoms with E-state index in [4.69, 9.17) is 0 Å². The second kappa shape index (κ2) is 7.61. The number of amides is 1. The zero-order chi connectivity index (χ0) is 13.4. The zero-order valence-corrected chi connectivity index (χ0v) is 10.6. The van der Waals surface area contributed by atoms with Crippen LogP contribution in [0.15, 0.2) is 30.9 Å². The van der Waals surface area contributed by atoms with Crippen molar-refractivity contribution in [1.82, 2.24) is 10.6 Å². The lowest BCUT2D eigenvalue weighted by Crippen LogP contribution is -2.35. The third kappa shape index (κ3) is 5.10. The van der Waals surface area contributed by atoms with E-state index in [-0.39, 0.29) is 18.3 Å². The molecule has 0 spiro atoms. The maximum absolute atomic E-state index is 12.9. The largest absolute Gasteiger partial charge is 0.355 e. The predicted molar refractivity (Wildman–Crippen MR) is 70.9 cm³/mol. The summed E-state index contributed by atoms with van der Waals surface area (Å²) in [7, 11) is 0. The van der Waals surface area contributed by atoms with Crippen molar-refractivity contribution < 1.29 is 9.18 Å². The number of aryl methyl sites for hydroxylation is 1. The molecule has 1 rings (SSSR count). The average Bonchev–Trinajstić information content (AvgIpc) is 2.32. The number of hydrogen-bond donors (Lipinski definition) is 2. The first-order valence-corrected chi connectivity index (χ1v) is 5.97. The van der Waals surface area contributed by atoms with Crippen LogP contribution in [0.25, 0.3) is 0 Å². The van der Waals surface area contributed by atoms with Gasteiger partial charge >= 0.3 is 0 Å². The fraction of sp³-hybridized carbons (Fsp3) is 0.357. The van der Waals surface area contributed by atoms with Crippen LogP contribution >= 0.6 is 0 Å². The lowest BCUT2D eigenvalue weighted by molar-refractivity contribution is -0.120. The Balaban J connectivity index is 2.28. The lowest BCUT2D eigenvalue weighted by Gasteiger charge is -2.08. The zero-order valence-electron chi connectivity index (χ0n) is 10.6. The van der Waals surface area contributed by atoms with Crippen LogP contribution in [0.2, 0.25) is 0 Å². The van der Waals surface area contributed by atoms with Crippen LogP contribution in [0.4, 0.5) is 4.39 Å². The van der Waals surface area contributed by atoms with Gasteiger partial charge in [0.05, 0.1) is 6.54 Å². The van der Waals surface area contributed by atoms with Gasteiger partial charge in [-0.15, -0.1) is 6.58 Å². The lowest BCUT2D eigenvalue weighted by atomic mass is 10.1. The SMILES string of the molecule is C=CCNCC(=O)NCCc1ccc(F)cc1C. The summed E-state index contributed by atoms with van der Waals surface area (Å²) in [4.78, 5) is 11.4. The van der Waals surface area contributed by atoms with Crippen molar-refractivity contribution in [2.24, 2.45) is 0 Å². The third-order valence-electron chi connectivity index (χ3n) is 2.60. The Labute approximate surface area is 107 Å². The van der Waals surface area contributed by atoms with Gasteiger partial charge in [0.15, 0.2) is 0 Å². The van der Waals surface area contributed by atoms with Gasteiger partial charge in [0, 0.05) is 13.1 Å². The summed E-state index contributed by atoms with van der Waals surface area (Å²) in [5.74, 6) is -0.273. The van der Waals surface area contributed by atoms with Crippen LogP contribution < -0.4 is 10.6 Å². The van der Waals surface area contributed by atoms with Gasteiger partial charge < -0.3 is 10.6 Å². The van der Waals surface area contributed by atoms with Crippen molar-refractivity contribution in [3.05, 3.63) is 47.8 Å². The summed E-state index contributed by atoms with van der Waals surface area (Å²) >= 11 is 0. The van der Waals surface area contributed by atoms with Crippen LogP contribution in [-0.4, -0.2) is 25.5 Å². The molecule has 0 saturated heterocycles. The Morgan fingerprint density at radius 2 is 2.28 bits per heavy atom. The van der Waals surface area contributed by atoms with Crippen LogP contribution in [0.1, 0.15) is 11.1 Å². The van der Waals surface area contributed by atoms with Gasteiger partial charge in [0.25, 0.3) is 0 Å². The minimum atomic E-state index is -0.228. The molecule has 4 heteroatoms. The Morgan fingerprint density at radius 1 is 1.50 bits per heavy atom. The molecule has 0 heterocycles. The minimum Gasteiger partial charge on any atom is -0.355 e. The Morgan fingerprint density at radius 3 is 2.94 bits per heavy atom. The molecule has 1 aromatic rings. The van der Waals surface area contributed by atoms with Gasteiger partial charge in [-0.3, -0.25) is 4.79 Å². The highest BCUT2D eigenvalue weighted by molar-refractivity contribution is 5.77. The highest BCUT2D eigenvalue weighted by Gasteiger charge is 2.02. The third-order valence-corrected chi connectivity index (χ3v) is 2.60. The maximum atomic E-state index is 12.9. The molecule has 0 saturated carbocycles. The van der Waals surface area contributed by atoms with E-state index < -0.39 is 0 Å². The standard InChI is InChI=1S/C14H19FN2O/c1-3-7-16-10-14(18)17-8-6-12-4-5-13(15)9-11(12)2/h3-5,9,16H,1,6-8,10H2,2H3,(H,17,18). The van der Waals surface area contributed by atoms with E-state index in [0.29, 0.717) is 19.5 Å². The maximum Gasteiger partial charge on any atom is 0.233 e. The smallest absolute Gasteiger partial charge is 0.233 e. The molecule has 0 aromatic heterocycles. The number of rotatable bonds is 7. The Hall–Kier alpha value is -1.68. The van der Waals surface area contributed by atoms with E-state index in [1.54, 1.807) is 12.1 Å². The average molecular weight is 250 g/mol. The molecule has 0 aliphatic heterocycles. The number of carbonyl (C=O) groups excluding carboxylic acids is 1. The molecular formula is C14H19FN2O. The summed E-state index contributed by atoms with van der Waals surface area (Å²) in [6.45, 7) is 6.88. The molecule has 18 heavy (non-hydrogen) atoms. The van der Waals surface area contributed by atoms with E-state index >= 15 is 0 Å². The van der Waals surface area contributed by atoms with E-state index in [2.05, 4.69) is 17.2 Å². The molecule has 1 amide bonds. The molecule has 0 aliphatic carbocycles. The number of benzene rings is 1. The minimum absolute atomic E-state index is 0.0448. The van der Waals surface area contributed by atoms with E-state index in [9.17, 15) is 9.18 Å². The molecule has 0 radical (unpaired) electrons. The van der Waals surface area contributed by atoms with Crippen molar-refractivity contribution in [3.8, 4) is 0 Å². The van der Waals surface area contributed by atoms with Crippen molar-refractivity contribution in [3.63, 3.8) is 0 Å². The monoisotopic (exact) mass is 250 g/mol. The highest BCUT2D eigenvalue weighted by Crippen LogP contribution is 2.10. The number of nitrogens with one attached hydrogen (secondary N) is 2. The Kier molecular flexibility index (Phi) is 6.08. The molecular weight excluding hydrogens is 231 g/mol. The van der Waals surface area contributed by atoms with Crippen molar-refractivity contribution in [1.29, 1.82) is 0 Å². The van der Waals surface area contributed by atoms with Gasteiger partial charge in [0.1, 0.15) is 5.82 Å². The van der Waals surface area contributed by atoms with Crippen LogP contribution in [0, 0.1) is 12.7 Å². The molecule has 0 atom stereocenters. The van der Waals surface area contributed by atoms with E-state index in [0.717, 1.165) is 11.1 Å². The first-order chi connectivity index (χ1) is 8.63. The van der Waals surface area contributed by atoms with Crippen LogP contribution in [0.3, 0.4) is 0 Å². The molecule has 0 unspecified atom stereocenters. The summed E-state index contributed by atoms with van der Waals surface area (Å²) < 4.78 is 12.9. The summed E-state index contributed by atoms with van der Waals surface area (Å²) in [6, 6.07) is 4.70. The highest BCUT2D eigenvalue weighted by atomic mass is 19.1. The van der Waals surface area contributed by atoms with Crippen molar-refractivity contribution in [2.75, 3.05) is 19.6 Å². The molecule has 2 N–H and O–H groups in total. The second-order valence-electron chi connectivity index (χ2n) is 4.09. The van der Waals surface area contributed by atoms with E-state index in [1.165, 1.54) is 12.1 Å². The van der Waals surface area contributed by atoms with E-state index in [1.807, 2.05) is 6.92 Å². The number of carbonyl (C=O) groups is 1. The van der Waals surface area contributed by atoms with Gasteiger partial charge in [-0.05, 0) is 36.6 Å². The van der Waals surface area contributed by atoms with Gasteiger partial charge in [0.2, 0.25) is 5.91 Å². The normalized spacial score (nSPS) is 10.1. The van der Waals surface area contributed by atoms with Crippen molar-refractivity contribution in [2.45, 2.75) is 13.3 Å². The number of halogens is 1. The fourth-order valence-electron chi connectivity index (χ4n) is 1.63. The summed E-state index contributed by atoms with van der Waals surface area (Å²) in [6.07, 6.45) is 2.41. The van der Waals surface area contributed by atoms with Crippen molar-refractivity contribution >= 4 is 5.91 Å². The first-order valence-electron chi connectivity index (χ1n) is 5.97. The molecule has 0 aliphatic rings. The van der Waals surface area contributed by atoms with Crippen LogP contribution in [0.5, 0.6) is 0 Å². The quantitative estimate of drug-likeness (QED) is 0.569. The predicted octanol–water partition coefficient (Wildman–Crippen LogP) is 1.57. The summed E-state index contributed by atoms with van der Waals surface area (Å²) in [5.41, 5.74) is 1.96. The first kappa shape index (κ1) is 14.4.